The van der Waals surface area contributed by atoms with Gasteiger partial charge in [0.25, 0.3) is 0 Å². The van der Waals surface area contributed by atoms with E-state index in [9.17, 15) is 5.11 Å². The van der Waals surface area contributed by atoms with Crippen LogP contribution in [0.5, 0.6) is 0 Å². The topological polar surface area (TPSA) is 55.9 Å². The molecule has 1 aliphatic carbocycles. The minimum atomic E-state index is -0.292. The lowest BCUT2D eigenvalue weighted by atomic mass is 9.93. The van der Waals surface area contributed by atoms with Crippen molar-refractivity contribution >= 4 is 0 Å². The SMILES string of the molecule is Cn1cnnc1Cn1cc2c(c1)C(O)CCC2. The number of aliphatic hydroxyl groups excluding tert-OH is 1. The van der Waals surface area contributed by atoms with Gasteiger partial charge in [0, 0.05) is 25.0 Å². The number of aromatic nitrogens is 4. The lowest BCUT2D eigenvalue weighted by Crippen LogP contribution is -2.05. The number of nitrogens with zero attached hydrogens (tertiary/aromatic N) is 4. The Balaban J connectivity index is 1.88. The number of fused-ring (bicyclic) bond motifs is 1. The summed E-state index contributed by atoms with van der Waals surface area (Å²) in [5.41, 5.74) is 2.35. The highest BCUT2D eigenvalue weighted by Crippen LogP contribution is 2.30. The second-order valence-corrected chi connectivity index (χ2v) is 4.68. The van der Waals surface area contributed by atoms with E-state index in [1.807, 2.05) is 17.8 Å². The van der Waals surface area contributed by atoms with Crippen molar-refractivity contribution in [1.29, 1.82) is 0 Å². The van der Waals surface area contributed by atoms with Gasteiger partial charge in [-0.05, 0) is 24.8 Å². The molecule has 0 saturated carbocycles. The molecule has 1 atom stereocenters. The molecule has 5 nitrogen and oxygen atoms in total. The molecule has 1 N–H and O–H groups in total. The number of aliphatic hydroxyl groups is 1. The zero-order valence-corrected chi connectivity index (χ0v) is 9.87. The van der Waals surface area contributed by atoms with Crippen LogP contribution in [-0.2, 0) is 20.0 Å². The Hall–Kier alpha value is -1.62. The van der Waals surface area contributed by atoms with Crippen LogP contribution in [0.25, 0.3) is 0 Å². The second-order valence-electron chi connectivity index (χ2n) is 4.68. The van der Waals surface area contributed by atoms with Gasteiger partial charge in [0.05, 0.1) is 12.6 Å². The number of hydrogen-bond acceptors (Lipinski definition) is 3. The van der Waals surface area contributed by atoms with Crippen LogP contribution in [0, 0.1) is 0 Å². The second kappa shape index (κ2) is 4.00. The minimum Gasteiger partial charge on any atom is -0.388 e. The molecule has 0 aliphatic heterocycles. The molecular formula is C12H16N4O. The van der Waals surface area contributed by atoms with E-state index in [2.05, 4.69) is 21.0 Å². The average molecular weight is 232 g/mol. The van der Waals surface area contributed by atoms with Crippen molar-refractivity contribution in [3.63, 3.8) is 0 Å². The summed E-state index contributed by atoms with van der Waals surface area (Å²) in [5.74, 6) is 0.923. The molecule has 0 saturated heterocycles. The van der Waals surface area contributed by atoms with Gasteiger partial charge in [0.15, 0.2) is 5.82 Å². The predicted molar refractivity (Wildman–Crippen MR) is 62.4 cm³/mol. The fraction of sp³-hybridized carbons (Fsp3) is 0.500. The monoisotopic (exact) mass is 232 g/mol. The van der Waals surface area contributed by atoms with Crippen LogP contribution in [0.2, 0.25) is 0 Å². The molecule has 1 aliphatic rings. The largest absolute Gasteiger partial charge is 0.388 e. The van der Waals surface area contributed by atoms with Gasteiger partial charge in [-0.25, -0.2) is 0 Å². The van der Waals surface area contributed by atoms with E-state index in [1.54, 1.807) is 6.33 Å². The van der Waals surface area contributed by atoms with Crippen LogP contribution < -0.4 is 0 Å². The van der Waals surface area contributed by atoms with Gasteiger partial charge in [-0.2, -0.15) is 0 Å². The Morgan fingerprint density at radius 2 is 2.35 bits per heavy atom. The molecule has 0 radical (unpaired) electrons. The summed E-state index contributed by atoms with van der Waals surface area (Å²) in [5, 5.41) is 17.8. The molecule has 2 aromatic heterocycles. The normalized spacial score (nSPS) is 19.3. The highest BCUT2D eigenvalue weighted by Gasteiger charge is 2.20. The summed E-state index contributed by atoms with van der Waals surface area (Å²) in [6.07, 6.45) is 8.58. The summed E-state index contributed by atoms with van der Waals surface area (Å²) in [4.78, 5) is 0. The highest BCUT2D eigenvalue weighted by molar-refractivity contribution is 5.29. The first-order valence-corrected chi connectivity index (χ1v) is 5.93. The lowest BCUT2D eigenvalue weighted by molar-refractivity contribution is 0.157. The van der Waals surface area contributed by atoms with E-state index in [4.69, 9.17) is 0 Å². The summed E-state index contributed by atoms with van der Waals surface area (Å²) >= 11 is 0. The standard InChI is InChI=1S/C12H16N4O/c1-15-8-13-14-12(15)7-16-5-9-3-2-4-11(17)10(9)6-16/h5-6,8,11,17H,2-4,7H2,1H3. The first-order valence-electron chi connectivity index (χ1n) is 5.93. The number of aryl methyl sites for hydroxylation is 2. The van der Waals surface area contributed by atoms with Crippen LogP contribution >= 0.6 is 0 Å². The zero-order chi connectivity index (χ0) is 11.8. The molecule has 1 unspecified atom stereocenters. The number of hydrogen-bond donors (Lipinski definition) is 1. The molecule has 2 aromatic rings. The summed E-state index contributed by atoms with van der Waals surface area (Å²) in [6, 6.07) is 0. The minimum absolute atomic E-state index is 0.292. The van der Waals surface area contributed by atoms with Crippen LogP contribution in [0.3, 0.4) is 0 Å². The predicted octanol–water partition coefficient (Wildman–Crippen LogP) is 1.03. The molecule has 2 heterocycles. The van der Waals surface area contributed by atoms with Crippen molar-refractivity contribution in [1.82, 2.24) is 19.3 Å². The van der Waals surface area contributed by atoms with Crippen molar-refractivity contribution in [2.75, 3.05) is 0 Å². The third-order valence-electron chi connectivity index (χ3n) is 3.41. The molecule has 0 spiro atoms. The first-order chi connectivity index (χ1) is 8.24. The maximum Gasteiger partial charge on any atom is 0.152 e. The molecule has 3 rings (SSSR count). The molecule has 0 bridgehead atoms. The number of rotatable bonds is 2. The Morgan fingerprint density at radius 1 is 1.47 bits per heavy atom. The zero-order valence-electron chi connectivity index (χ0n) is 9.87. The Bertz CT molecular complexity index is 528. The van der Waals surface area contributed by atoms with E-state index in [1.165, 1.54) is 5.56 Å². The van der Waals surface area contributed by atoms with Crippen LogP contribution in [-0.4, -0.2) is 24.4 Å². The van der Waals surface area contributed by atoms with Crippen molar-refractivity contribution in [3.05, 3.63) is 35.7 Å². The van der Waals surface area contributed by atoms with Gasteiger partial charge in [-0.3, -0.25) is 0 Å². The van der Waals surface area contributed by atoms with E-state index in [0.717, 1.165) is 30.7 Å². The van der Waals surface area contributed by atoms with Crippen LogP contribution in [0.15, 0.2) is 18.7 Å². The van der Waals surface area contributed by atoms with E-state index in [-0.39, 0.29) is 6.10 Å². The molecule has 0 fully saturated rings. The van der Waals surface area contributed by atoms with Gasteiger partial charge >= 0.3 is 0 Å². The van der Waals surface area contributed by atoms with Gasteiger partial charge in [-0.15, -0.1) is 10.2 Å². The van der Waals surface area contributed by atoms with E-state index >= 15 is 0 Å². The fourth-order valence-corrected chi connectivity index (χ4v) is 2.43. The highest BCUT2D eigenvalue weighted by atomic mass is 16.3. The Morgan fingerprint density at radius 3 is 3.06 bits per heavy atom. The lowest BCUT2D eigenvalue weighted by Gasteiger charge is -2.16. The smallest absolute Gasteiger partial charge is 0.152 e. The van der Waals surface area contributed by atoms with Crippen molar-refractivity contribution in [3.8, 4) is 0 Å². The quantitative estimate of drug-likeness (QED) is 0.841. The average Bonchev–Trinajstić information content (AvgIpc) is 2.87. The fourth-order valence-electron chi connectivity index (χ4n) is 2.43. The Labute approximate surface area is 99.7 Å². The molecule has 90 valence electrons. The summed E-state index contributed by atoms with van der Waals surface area (Å²) in [7, 11) is 1.94. The summed E-state index contributed by atoms with van der Waals surface area (Å²) < 4.78 is 4.00. The van der Waals surface area contributed by atoms with Gasteiger partial charge < -0.3 is 14.2 Å². The van der Waals surface area contributed by atoms with Crippen LogP contribution in [0.1, 0.15) is 35.9 Å². The molecule has 5 heteroatoms. The third kappa shape index (κ3) is 1.86. The van der Waals surface area contributed by atoms with Crippen molar-refractivity contribution in [2.45, 2.75) is 31.9 Å². The first kappa shape index (κ1) is 10.5. The van der Waals surface area contributed by atoms with Crippen molar-refractivity contribution < 1.29 is 5.11 Å². The molecule has 17 heavy (non-hydrogen) atoms. The van der Waals surface area contributed by atoms with Crippen molar-refractivity contribution in [2.24, 2.45) is 7.05 Å². The van der Waals surface area contributed by atoms with Gasteiger partial charge in [0.1, 0.15) is 6.33 Å². The molecule has 0 amide bonds. The summed E-state index contributed by atoms with van der Waals surface area (Å²) in [6.45, 7) is 0.705. The maximum atomic E-state index is 9.91. The van der Waals surface area contributed by atoms with E-state index in [0.29, 0.717) is 6.54 Å². The van der Waals surface area contributed by atoms with Crippen LogP contribution in [0.4, 0.5) is 0 Å². The third-order valence-corrected chi connectivity index (χ3v) is 3.41. The van der Waals surface area contributed by atoms with Gasteiger partial charge in [0.2, 0.25) is 0 Å². The molecular weight excluding hydrogens is 216 g/mol. The Kier molecular flexibility index (Phi) is 2.48. The molecule has 0 aromatic carbocycles. The maximum absolute atomic E-state index is 9.91. The van der Waals surface area contributed by atoms with Gasteiger partial charge in [-0.1, -0.05) is 0 Å². The van der Waals surface area contributed by atoms with E-state index < -0.39 is 0 Å².